The van der Waals surface area contributed by atoms with E-state index in [0.29, 0.717) is 0 Å². The molecule has 0 aliphatic heterocycles. The van der Waals surface area contributed by atoms with E-state index in [1.807, 2.05) is 32.9 Å². The SMILES string of the molecule is C[Si](C)C.C[Si](C)C.C[Si](C)C.C[Si](C)[Si](C)C.C[Si](C)[Si](C)C.Cc1cc(C)c([C](=O)[Ge])c(C)c1.[Ge]. The van der Waals surface area contributed by atoms with Gasteiger partial charge in [0.1, 0.15) is 0 Å². The van der Waals surface area contributed by atoms with Crippen LogP contribution in [-0.2, 0) is 0 Å². The first kappa shape index (κ1) is 51.3. The van der Waals surface area contributed by atoms with Crippen LogP contribution in [-0.4, -0.2) is 98.4 Å². The van der Waals surface area contributed by atoms with Crippen LogP contribution in [0.15, 0.2) is 12.1 Å². The van der Waals surface area contributed by atoms with E-state index in [0.717, 1.165) is 16.7 Å². The first-order valence-corrected chi connectivity index (χ1v) is 34.9. The van der Waals surface area contributed by atoms with Crippen molar-refractivity contribution in [1.29, 1.82) is 0 Å². The Morgan fingerprint density at radius 2 is 0.676 bits per heavy atom. The summed E-state index contributed by atoms with van der Waals surface area (Å²) in [6, 6.07) is 4.09. The Morgan fingerprint density at radius 3 is 0.784 bits per heavy atom. The number of carbonyl (C=O) groups excluding carboxylic acids is 1. The van der Waals surface area contributed by atoms with Crippen LogP contribution in [0, 0.1) is 20.8 Å². The molecule has 10 heteroatoms. The van der Waals surface area contributed by atoms with Crippen molar-refractivity contribution in [2.24, 2.45) is 0 Å². The maximum Gasteiger partial charge on any atom is 0 e. The average molecular weight is 745 g/mol. The van der Waals surface area contributed by atoms with E-state index in [4.69, 9.17) is 0 Å². The van der Waals surface area contributed by atoms with Crippen LogP contribution in [0.25, 0.3) is 0 Å². The third kappa shape index (κ3) is 54.3. The van der Waals surface area contributed by atoms with Crippen molar-refractivity contribution < 1.29 is 4.79 Å². The molecule has 0 unspecified atom stereocenters. The third-order valence-corrected chi connectivity index (χ3v) is 20.4. The van der Waals surface area contributed by atoms with Gasteiger partial charge < -0.3 is 0 Å². The van der Waals surface area contributed by atoms with Gasteiger partial charge in [-0.2, -0.15) is 0 Å². The summed E-state index contributed by atoms with van der Waals surface area (Å²) in [6.07, 6.45) is 0. The molecule has 0 aromatic heterocycles. The van der Waals surface area contributed by atoms with Gasteiger partial charge in [-0.05, 0) is 0 Å². The van der Waals surface area contributed by atoms with Crippen molar-refractivity contribution in [3.63, 3.8) is 0 Å². The van der Waals surface area contributed by atoms with Gasteiger partial charge in [-0.25, -0.2) is 0 Å². The van der Waals surface area contributed by atoms with E-state index in [1.165, 1.54) is 5.56 Å². The maximum atomic E-state index is 11.2. The summed E-state index contributed by atoms with van der Waals surface area (Å²) in [7, 11) is 0.962. The summed E-state index contributed by atoms with van der Waals surface area (Å²) in [5.74, 6) is 0. The third-order valence-electron chi connectivity index (χ3n) is 3.90. The minimum absolute atomic E-state index is 0. The summed E-state index contributed by atoms with van der Waals surface area (Å²) in [5, 5.41) is 0. The molecular formula is C27H62Ge2OSi7. The zero-order valence-electron chi connectivity index (χ0n) is 28.6. The molecule has 14 radical (unpaired) electrons. The van der Waals surface area contributed by atoms with Crippen LogP contribution in [0.1, 0.15) is 27.0 Å². The minimum Gasteiger partial charge on any atom is 0 e. The van der Waals surface area contributed by atoms with Crippen LogP contribution < -0.4 is 0 Å². The molecular weight excluding hydrogens is 682 g/mol. The van der Waals surface area contributed by atoms with Gasteiger partial charge in [0, 0.05) is 77.2 Å². The molecule has 0 aliphatic carbocycles. The van der Waals surface area contributed by atoms with E-state index in [9.17, 15) is 4.79 Å². The van der Waals surface area contributed by atoms with Crippen molar-refractivity contribution in [1.82, 2.24) is 0 Å². The Bertz CT molecular complexity index is 568. The fraction of sp³-hybridized carbons (Fsp3) is 0.741. The van der Waals surface area contributed by atoms with E-state index >= 15 is 0 Å². The van der Waals surface area contributed by atoms with Crippen molar-refractivity contribution >= 4 is 98.4 Å². The van der Waals surface area contributed by atoms with E-state index in [2.05, 4.69) is 111 Å². The largest absolute Gasteiger partial charge is 0 e. The predicted molar refractivity (Wildman–Crippen MR) is 196 cm³/mol. The zero-order chi connectivity index (χ0) is 30.3. The molecule has 0 N–H and O–H groups in total. The Kier molecular flexibility index (Phi) is 44.3. The van der Waals surface area contributed by atoms with Gasteiger partial charge in [0.25, 0.3) is 0 Å². The van der Waals surface area contributed by atoms with Crippen LogP contribution in [0.5, 0.6) is 0 Å². The second-order valence-corrected chi connectivity index (χ2v) is 41.6. The summed E-state index contributed by atoms with van der Waals surface area (Å²) in [5.41, 5.74) is 4.26. The number of carbonyl (C=O) groups is 1. The first-order valence-electron chi connectivity index (χ1n) is 12.9. The van der Waals surface area contributed by atoms with Gasteiger partial charge >= 0.3 is 81.1 Å². The molecule has 0 spiro atoms. The van der Waals surface area contributed by atoms with Gasteiger partial charge in [0.2, 0.25) is 0 Å². The first-order chi connectivity index (χ1) is 16.0. The molecule has 37 heavy (non-hydrogen) atoms. The van der Waals surface area contributed by atoms with E-state index in [1.54, 1.807) is 16.5 Å². The summed E-state index contributed by atoms with van der Waals surface area (Å²) < 4.78 is 0.157. The van der Waals surface area contributed by atoms with Crippen LogP contribution in [0.4, 0.5) is 0 Å². The second kappa shape index (κ2) is 32.0. The number of benzene rings is 1. The van der Waals surface area contributed by atoms with Gasteiger partial charge in [-0.15, -0.1) is 0 Å². The number of aryl methyl sites for hydroxylation is 3. The normalized spacial score (nSPS) is 9.73. The predicted octanol–water partition coefficient (Wildman–Crippen LogP) is 8.80. The van der Waals surface area contributed by atoms with Crippen LogP contribution >= 0.6 is 0 Å². The topological polar surface area (TPSA) is 17.1 Å². The summed E-state index contributed by atoms with van der Waals surface area (Å²) >= 11 is 1.62. The molecule has 0 bridgehead atoms. The number of rotatable bonds is 3. The maximum absolute atomic E-state index is 11.2. The fourth-order valence-corrected chi connectivity index (χ4v) is 2.37. The fourth-order valence-electron chi connectivity index (χ4n) is 1.54. The zero-order valence-corrected chi connectivity index (χ0v) is 39.8. The van der Waals surface area contributed by atoms with E-state index < -0.39 is 0 Å². The Labute approximate surface area is 267 Å². The molecule has 0 atom stereocenters. The molecule has 1 rings (SSSR count). The van der Waals surface area contributed by atoms with Crippen molar-refractivity contribution in [3.05, 3.63) is 34.4 Å². The molecule has 0 saturated heterocycles. The molecule has 0 fully saturated rings. The van der Waals surface area contributed by atoms with Crippen molar-refractivity contribution in [2.75, 3.05) is 0 Å². The Morgan fingerprint density at radius 1 is 0.514 bits per heavy atom. The molecule has 0 amide bonds. The van der Waals surface area contributed by atoms with Crippen molar-refractivity contribution in [3.8, 4) is 0 Å². The number of hydrogen-bond donors (Lipinski definition) is 0. The quantitative estimate of drug-likeness (QED) is 0.283. The monoisotopic (exact) mass is 746 g/mol. The second-order valence-electron chi connectivity index (χ2n) is 11.6. The molecule has 0 aliphatic rings. The average Bonchev–Trinajstić information content (AvgIpc) is 2.59. The Hall–Kier alpha value is 1.49. The molecule has 0 saturated carbocycles. The molecule has 1 nitrogen and oxygen atoms in total. The van der Waals surface area contributed by atoms with Crippen molar-refractivity contribution in [2.45, 2.75) is 132 Å². The van der Waals surface area contributed by atoms with Crippen LogP contribution in [0.3, 0.4) is 0 Å². The van der Waals surface area contributed by atoms with Crippen LogP contribution in [0.2, 0.25) is 111 Å². The molecule has 212 valence electrons. The standard InChI is InChI=1S/C10H11GeO.2C4H12Si2.3C3H9Si.Ge/c1-6-4-7(2)9(10(11)12)8(3)5-6;2*1-5(2)6(3)4;3*1-4(2)3;/h4-5H,1-3H3;2*1-4H3;3*1-3H3;. The molecule has 0 heterocycles. The Balaban J connectivity index is -0.0000000833. The van der Waals surface area contributed by atoms with Gasteiger partial charge in [-0.3, -0.25) is 0 Å². The number of hydrogen-bond acceptors (Lipinski definition) is 1. The molecule has 1 aromatic rings. The minimum atomic E-state index is 0. The summed E-state index contributed by atoms with van der Waals surface area (Å²) in [4.78, 5) is 11.2. The van der Waals surface area contributed by atoms with Gasteiger partial charge in [0.05, 0.1) is 0 Å². The molecule has 1 aromatic carbocycles. The van der Waals surface area contributed by atoms with E-state index in [-0.39, 0.29) is 81.9 Å². The van der Waals surface area contributed by atoms with Gasteiger partial charge in [-0.1, -0.05) is 111 Å². The smallest absolute Gasteiger partial charge is 0 e. The van der Waals surface area contributed by atoms with Gasteiger partial charge in [0.15, 0.2) is 0 Å². The summed E-state index contributed by atoms with van der Waals surface area (Å²) in [6.45, 7) is 45.5.